The van der Waals surface area contributed by atoms with Crippen molar-refractivity contribution >= 4 is 5.97 Å². The topological polar surface area (TPSA) is 55.0 Å². The lowest BCUT2D eigenvalue weighted by Gasteiger charge is -2.01. The van der Waals surface area contributed by atoms with E-state index < -0.39 is 0 Å². The summed E-state index contributed by atoms with van der Waals surface area (Å²) in [5, 5.41) is 6.77. The molecule has 0 spiro atoms. The molecule has 0 fully saturated rings. The standard InChI is InChI=1S/C12H12N2O2/c1-9-7-11(14-13-9)8-16-12(15)10-5-3-2-4-6-10/h2-7H,8H2,1H3,(H,13,14). The monoisotopic (exact) mass is 216 g/mol. The van der Waals surface area contributed by atoms with E-state index in [1.54, 1.807) is 24.3 Å². The summed E-state index contributed by atoms with van der Waals surface area (Å²) < 4.78 is 5.11. The average Bonchev–Trinajstić information content (AvgIpc) is 2.73. The van der Waals surface area contributed by atoms with Crippen LogP contribution >= 0.6 is 0 Å². The van der Waals surface area contributed by atoms with E-state index in [2.05, 4.69) is 10.2 Å². The molecule has 1 aromatic heterocycles. The molecule has 2 aromatic rings. The molecule has 0 amide bonds. The zero-order valence-corrected chi connectivity index (χ0v) is 8.93. The van der Waals surface area contributed by atoms with Crippen LogP contribution in [0.3, 0.4) is 0 Å². The Morgan fingerprint density at radius 3 is 2.75 bits per heavy atom. The largest absolute Gasteiger partial charge is 0.456 e. The van der Waals surface area contributed by atoms with E-state index in [1.807, 2.05) is 19.1 Å². The number of benzene rings is 1. The first-order valence-corrected chi connectivity index (χ1v) is 4.99. The van der Waals surface area contributed by atoms with Crippen molar-refractivity contribution in [3.8, 4) is 0 Å². The van der Waals surface area contributed by atoms with Crippen LogP contribution in [-0.2, 0) is 11.3 Å². The number of esters is 1. The number of ether oxygens (including phenoxy) is 1. The maximum atomic E-state index is 11.6. The second-order valence-electron chi connectivity index (χ2n) is 3.48. The van der Waals surface area contributed by atoms with Crippen LogP contribution in [0.15, 0.2) is 36.4 Å². The van der Waals surface area contributed by atoms with E-state index in [4.69, 9.17) is 4.74 Å². The number of hydrogen-bond acceptors (Lipinski definition) is 3. The van der Waals surface area contributed by atoms with E-state index >= 15 is 0 Å². The molecule has 1 heterocycles. The normalized spacial score (nSPS) is 10.1. The van der Waals surface area contributed by atoms with Crippen LogP contribution in [0, 0.1) is 6.92 Å². The number of aromatic amines is 1. The molecule has 0 unspecified atom stereocenters. The number of carbonyl (C=O) groups excluding carboxylic acids is 1. The van der Waals surface area contributed by atoms with Crippen LogP contribution in [0.4, 0.5) is 0 Å². The molecule has 0 aliphatic rings. The van der Waals surface area contributed by atoms with Crippen molar-refractivity contribution in [1.29, 1.82) is 0 Å². The molecule has 0 aliphatic heterocycles. The molecule has 1 N–H and O–H groups in total. The fourth-order valence-electron chi connectivity index (χ4n) is 1.35. The summed E-state index contributed by atoms with van der Waals surface area (Å²) in [4.78, 5) is 11.6. The molecule has 0 atom stereocenters. The number of hydrogen-bond donors (Lipinski definition) is 1. The third kappa shape index (κ3) is 2.48. The van der Waals surface area contributed by atoms with Gasteiger partial charge in [-0.05, 0) is 25.1 Å². The van der Waals surface area contributed by atoms with Gasteiger partial charge in [-0.3, -0.25) is 5.10 Å². The molecule has 0 aliphatic carbocycles. The second-order valence-corrected chi connectivity index (χ2v) is 3.48. The number of nitrogens with zero attached hydrogens (tertiary/aromatic N) is 1. The average molecular weight is 216 g/mol. The third-order valence-electron chi connectivity index (χ3n) is 2.12. The van der Waals surface area contributed by atoms with Crippen LogP contribution in [0.25, 0.3) is 0 Å². The first-order valence-electron chi connectivity index (χ1n) is 4.99. The highest BCUT2D eigenvalue weighted by molar-refractivity contribution is 5.89. The summed E-state index contributed by atoms with van der Waals surface area (Å²) in [5.41, 5.74) is 2.22. The quantitative estimate of drug-likeness (QED) is 0.799. The molecular weight excluding hydrogens is 204 g/mol. The van der Waals surface area contributed by atoms with Gasteiger partial charge in [0.15, 0.2) is 0 Å². The lowest BCUT2D eigenvalue weighted by Crippen LogP contribution is -2.05. The zero-order valence-electron chi connectivity index (χ0n) is 8.93. The zero-order chi connectivity index (χ0) is 11.4. The van der Waals surface area contributed by atoms with Gasteiger partial charge in [0.25, 0.3) is 0 Å². The van der Waals surface area contributed by atoms with Gasteiger partial charge in [0.1, 0.15) is 6.61 Å². The minimum atomic E-state index is -0.332. The molecule has 1 aromatic carbocycles. The SMILES string of the molecule is Cc1cc(COC(=O)c2ccccc2)n[nH]1. The van der Waals surface area contributed by atoms with Gasteiger partial charge in [-0.25, -0.2) is 4.79 Å². The van der Waals surface area contributed by atoms with Crippen molar-refractivity contribution in [2.75, 3.05) is 0 Å². The van der Waals surface area contributed by atoms with Crippen LogP contribution in [0.5, 0.6) is 0 Å². The Balaban J connectivity index is 1.94. The molecule has 4 nitrogen and oxygen atoms in total. The fourth-order valence-corrected chi connectivity index (χ4v) is 1.35. The second kappa shape index (κ2) is 4.61. The first kappa shape index (κ1) is 10.4. The molecule has 0 saturated heterocycles. The van der Waals surface area contributed by atoms with Crippen LogP contribution in [-0.4, -0.2) is 16.2 Å². The molecule has 16 heavy (non-hydrogen) atoms. The predicted octanol–water partition coefficient (Wildman–Crippen LogP) is 2.08. The Labute approximate surface area is 93.3 Å². The van der Waals surface area contributed by atoms with Gasteiger partial charge in [-0.15, -0.1) is 0 Å². The number of aromatic nitrogens is 2. The number of carbonyl (C=O) groups is 1. The van der Waals surface area contributed by atoms with Crippen molar-refractivity contribution < 1.29 is 9.53 Å². The Morgan fingerprint density at radius 2 is 2.12 bits per heavy atom. The van der Waals surface area contributed by atoms with E-state index in [1.165, 1.54) is 0 Å². The fraction of sp³-hybridized carbons (Fsp3) is 0.167. The number of H-pyrrole nitrogens is 1. The number of aryl methyl sites for hydroxylation is 1. The smallest absolute Gasteiger partial charge is 0.338 e. The highest BCUT2D eigenvalue weighted by Crippen LogP contribution is 2.05. The highest BCUT2D eigenvalue weighted by atomic mass is 16.5. The van der Waals surface area contributed by atoms with Crippen LogP contribution in [0.2, 0.25) is 0 Å². The predicted molar refractivity (Wildman–Crippen MR) is 58.9 cm³/mol. The molecule has 0 bridgehead atoms. The molecule has 0 saturated carbocycles. The van der Waals surface area contributed by atoms with Crippen molar-refractivity contribution in [3.05, 3.63) is 53.3 Å². The minimum absolute atomic E-state index is 0.193. The van der Waals surface area contributed by atoms with Gasteiger partial charge in [-0.1, -0.05) is 18.2 Å². The summed E-state index contributed by atoms with van der Waals surface area (Å²) in [5.74, 6) is -0.332. The molecule has 82 valence electrons. The summed E-state index contributed by atoms with van der Waals surface area (Å²) in [7, 11) is 0. The summed E-state index contributed by atoms with van der Waals surface area (Å²) in [6, 6.07) is 10.7. The van der Waals surface area contributed by atoms with Crippen molar-refractivity contribution in [2.24, 2.45) is 0 Å². The number of rotatable bonds is 3. The van der Waals surface area contributed by atoms with Gasteiger partial charge in [-0.2, -0.15) is 5.10 Å². The Bertz CT molecular complexity index is 477. The molecule has 2 rings (SSSR count). The molecule has 4 heteroatoms. The van der Waals surface area contributed by atoms with Crippen molar-refractivity contribution in [3.63, 3.8) is 0 Å². The number of nitrogens with one attached hydrogen (secondary N) is 1. The highest BCUT2D eigenvalue weighted by Gasteiger charge is 2.07. The van der Waals surface area contributed by atoms with E-state index in [0.717, 1.165) is 11.4 Å². The van der Waals surface area contributed by atoms with Crippen molar-refractivity contribution in [1.82, 2.24) is 10.2 Å². The molecule has 0 radical (unpaired) electrons. The third-order valence-corrected chi connectivity index (χ3v) is 2.12. The van der Waals surface area contributed by atoms with Gasteiger partial charge < -0.3 is 4.74 Å². The lowest BCUT2D eigenvalue weighted by atomic mass is 10.2. The Hall–Kier alpha value is -2.10. The van der Waals surface area contributed by atoms with Gasteiger partial charge in [0, 0.05) is 5.69 Å². The van der Waals surface area contributed by atoms with E-state index in [-0.39, 0.29) is 12.6 Å². The summed E-state index contributed by atoms with van der Waals surface area (Å²) in [6.45, 7) is 2.09. The van der Waals surface area contributed by atoms with E-state index in [9.17, 15) is 4.79 Å². The molecular formula is C12H12N2O2. The van der Waals surface area contributed by atoms with Crippen LogP contribution < -0.4 is 0 Å². The minimum Gasteiger partial charge on any atom is -0.456 e. The maximum absolute atomic E-state index is 11.6. The van der Waals surface area contributed by atoms with E-state index in [0.29, 0.717) is 5.56 Å². The summed E-state index contributed by atoms with van der Waals surface area (Å²) >= 11 is 0. The Kier molecular flexibility index (Phi) is 3.00. The Morgan fingerprint density at radius 1 is 1.38 bits per heavy atom. The van der Waals surface area contributed by atoms with Crippen LogP contribution in [0.1, 0.15) is 21.7 Å². The first-order chi connectivity index (χ1) is 7.75. The maximum Gasteiger partial charge on any atom is 0.338 e. The van der Waals surface area contributed by atoms with Crippen molar-refractivity contribution in [2.45, 2.75) is 13.5 Å². The van der Waals surface area contributed by atoms with Gasteiger partial charge >= 0.3 is 5.97 Å². The summed E-state index contributed by atoms with van der Waals surface area (Å²) in [6.07, 6.45) is 0. The lowest BCUT2D eigenvalue weighted by molar-refractivity contribution is 0.0467. The van der Waals surface area contributed by atoms with Gasteiger partial charge in [0.05, 0.1) is 11.3 Å². The van der Waals surface area contributed by atoms with Gasteiger partial charge in [0.2, 0.25) is 0 Å².